The van der Waals surface area contributed by atoms with E-state index in [9.17, 15) is 4.79 Å². The second kappa shape index (κ2) is 12.8. The second-order valence-corrected chi connectivity index (χ2v) is 6.64. The highest BCUT2D eigenvalue weighted by molar-refractivity contribution is 6.39. The number of esters is 1. The highest BCUT2D eigenvalue weighted by atomic mass is 35.5. The van der Waals surface area contributed by atoms with Gasteiger partial charge in [-0.15, -0.1) is 6.58 Å². The van der Waals surface area contributed by atoms with E-state index in [-0.39, 0.29) is 12.1 Å². The van der Waals surface area contributed by atoms with E-state index in [0.717, 1.165) is 11.3 Å². The van der Waals surface area contributed by atoms with Crippen LogP contribution in [0.1, 0.15) is 25.8 Å². The second-order valence-electron chi connectivity index (χ2n) is 5.82. The van der Waals surface area contributed by atoms with Crippen LogP contribution in [0.3, 0.4) is 0 Å². The number of carbonyl (C=O) groups excluding carboxylic acids is 3. The Morgan fingerprint density at radius 2 is 1.72 bits per heavy atom. The first-order valence-corrected chi connectivity index (χ1v) is 9.80. The van der Waals surface area contributed by atoms with Gasteiger partial charge in [0.15, 0.2) is 0 Å². The molecule has 1 unspecified atom stereocenters. The molecule has 2 aromatic rings. The molecule has 7 heteroatoms. The lowest BCUT2D eigenvalue weighted by atomic mass is 10.0. The van der Waals surface area contributed by atoms with Gasteiger partial charge in [0.1, 0.15) is 6.04 Å². The van der Waals surface area contributed by atoms with Gasteiger partial charge in [0.05, 0.1) is 22.3 Å². The molecule has 0 saturated carbocycles. The van der Waals surface area contributed by atoms with Crippen molar-refractivity contribution in [1.82, 2.24) is 0 Å². The lowest BCUT2D eigenvalue weighted by Crippen LogP contribution is -2.39. The van der Waals surface area contributed by atoms with Crippen LogP contribution in [-0.2, 0) is 25.5 Å². The molecule has 0 aliphatic rings. The van der Waals surface area contributed by atoms with Gasteiger partial charge < -0.3 is 9.64 Å². The van der Waals surface area contributed by atoms with Crippen LogP contribution in [0.2, 0.25) is 10.0 Å². The lowest BCUT2D eigenvalue weighted by Gasteiger charge is -2.34. The molecule has 2 rings (SSSR count). The van der Waals surface area contributed by atoms with Crippen molar-refractivity contribution >= 4 is 46.7 Å². The van der Waals surface area contributed by atoms with Crippen LogP contribution in [0.15, 0.2) is 55.1 Å². The van der Waals surface area contributed by atoms with Gasteiger partial charge in [-0.25, -0.2) is 4.79 Å². The van der Waals surface area contributed by atoms with E-state index in [0.29, 0.717) is 35.2 Å². The number of anilines is 2. The zero-order valence-electron chi connectivity index (χ0n) is 16.4. The minimum atomic E-state index is -0.543. The van der Waals surface area contributed by atoms with Crippen molar-refractivity contribution in [2.45, 2.75) is 32.7 Å². The summed E-state index contributed by atoms with van der Waals surface area (Å²) in [7, 11) is 0. The summed E-state index contributed by atoms with van der Waals surface area (Å²) in [5.41, 5.74) is 2.50. The van der Waals surface area contributed by atoms with E-state index in [4.69, 9.17) is 37.5 Å². The van der Waals surface area contributed by atoms with Crippen molar-refractivity contribution in [2.75, 3.05) is 11.5 Å². The normalized spacial score (nSPS) is 10.8. The Hall–Kier alpha value is -2.59. The van der Waals surface area contributed by atoms with Gasteiger partial charge in [0.25, 0.3) is 0 Å². The van der Waals surface area contributed by atoms with Crippen molar-refractivity contribution in [3.63, 3.8) is 0 Å². The standard InChI is InChI=1S/C21H23Cl2NO2.CO2/c1-4-10-15-11-7-8-14-19(15)24(18(5-2)21(25)26-6-3)20-16(22)12-9-13-17(20)23;2-1-3/h4,7-9,11-14,18H,1,5-6,10H2,2-3H3;. The molecule has 1 atom stereocenters. The third-order valence-corrected chi connectivity index (χ3v) is 4.66. The fourth-order valence-corrected chi connectivity index (χ4v) is 3.51. The number of allylic oxidation sites excluding steroid dienone is 1. The van der Waals surface area contributed by atoms with Gasteiger partial charge >= 0.3 is 12.1 Å². The largest absolute Gasteiger partial charge is 0.464 e. The predicted octanol–water partition coefficient (Wildman–Crippen LogP) is 5.62. The van der Waals surface area contributed by atoms with Gasteiger partial charge in [-0.2, -0.15) is 9.59 Å². The number of para-hydroxylation sites is 2. The Morgan fingerprint density at radius 3 is 2.24 bits per heavy atom. The Bertz CT molecular complexity index is 843. The van der Waals surface area contributed by atoms with Crippen LogP contribution in [0.5, 0.6) is 0 Å². The number of hydrogen-bond donors (Lipinski definition) is 0. The summed E-state index contributed by atoms with van der Waals surface area (Å²) in [6, 6.07) is 12.6. The number of nitrogens with zero attached hydrogens (tertiary/aromatic N) is 1. The monoisotopic (exact) mass is 435 g/mol. The fraction of sp³-hybridized carbons (Fsp3) is 0.273. The quantitative estimate of drug-likeness (QED) is 0.397. The summed E-state index contributed by atoms with van der Waals surface area (Å²) in [6.45, 7) is 7.88. The summed E-state index contributed by atoms with van der Waals surface area (Å²) in [5.74, 6) is -0.306. The van der Waals surface area contributed by atoms with Gasteiger partial charge in [-0.05, 0) is 43.5 Å². The number of halogens is 2. The SMILES string of the molecule is C=CCc1ccccc1N(c1c(Cl)cccc1Cl)C(CC)C(=O)OCC.O=C=O. The van der Waals surface area contributed by atoms with Crippen LogP contribution in [-0.4, -0.2) is 24.8 Å². The van der Waals surface area contributed by atoms with Crippen molar-refractivity contribution in [1.29, 1.82) is 0 Å². The highest BCUT2D eigenvalue weighted by Crippen LogP contribution is 2.41. The summed E-state index contributed by atoms with van der Waals surface area (Å²) in [6.07, 6.45) is 3.29. The smallest absolute Gasteiger partial charge is 0.373 e. The molecule has 2 aromatic carbocycles. The summed E-state index contributed by atoms with van der Waals surface area (Å²) in [5, 5.41) is 0.960. The minimum Gasteiger partial charge on any atom is -0.464 e. The van der Waals surface area contributed by atoms with Crippen LogP contribution in [0.25, 0.3) is 0 Å². The number of carbonyl (C=O) groups is 1. The Morgan fingerprint density at radius 1 is 1.14 bits per heavy atom. The molecule has 0 saturated heterocycles. The molecule has 29 heavy (non-hydrogen) atoms. The molecule has 0 heterocycles. The Kier molecular flexibility index (Phi) is 10.8. The van der Waals surface area contributed by atoms with Gasteiger partial charge in [0.2, 0.25) is 0 Å². The molecule has 0 aliphatic carbocycles. The molecule has 0 aliphatic heterocycles. The Balaban J connectivity index is 0.00000132. The summed E-state index contributed by atoms with van der Waals surface area (Å²) in [4.78, 5) is 30.8. The zero-order valence-corrected chi connectivity index (χ0v) is 17.9. The first-order chi connectivity index (χ1) is 14.0. The third-order valence-electron chi connectivity index (χ3n) is 4.05. The molecule has 0 spiro atoms. The topological polar surface area (TPSA) is 63.7 Å². The molecular formula is C22H23Cl2NO4. The van der Waals surface area contributed by atoms with Gasteiger partial charge in [-0.3, -0.25) is 0 Å². The molecule has 0 aromatic heterocycles. The molecule has 0 N–H and O–H groups in total. The first-order valence-electron chi connectivity index (χ1n) is 9.04. The number of hydrogen-bond acceptors (Lipinski definition) is 5. The van der Waals surface area contributed by atoms with E-state index in [2.05, 4.69) is 6.58 Å². The van der Waals surface area contributed by atoms with Crippen molar-refractivity contribution in [2.24, 2.45) is 0 Å². The molecule has 0 amide bonds. The number of ether oxygens (including phenoxy) is 1. The average Bonchev–Trinajstić information content (AvgIpc) is 2.69. The van der Waals surface area contributed by atoms with Crippen molar-refractivity contribution in [3.05, 3.63) is 70.7 Å². The van der Waals surface area contributed by atoms with Crippen LogP contribution in [0, 0.1) is 0 Å². The van der Waals surface area contributed by atoms with Crippen LogP contribution in [0.4, 0.5) is 11.4 Å². The number of benzene rings is 2. The maximum absolute atomic E-state index is 12.7. The van der Waals surface area contributed by atoms with Crippen LogP contribution >= 0.6 is 23.2 Å². The Labute approximate surface area is 180 Å². The van der Waals surface area contributed by atoms with E-state index < -0.39 is 6.04 Å². The predicted molar refractivity (Wildman–Crippen MR) is 115 cm³/mol. The van der Waals surface area contributed by atoms with Crippen molar-refractivity contribution in [3.8, 4) is 0 Å². The summed E-state index contributed by atoms with van der Waals surface area (Å²) < 4.78 is 5.31. The van der Waals surface area contributed by atoms with Gasteiger partial charge in [-0.1, -0.05) is 60.5 Å². The zero-order chi connectivity index (χ0) is 21.8. The molecular weight excluding hydrogens is 413 g/mol. The van der Waals surface area contributed by atoms with E-state index in [1.807, 2.05) is 42.2 Å². The number of rotatable bonds is 8. The van der Waals surface area contributed by atoms with Gasteiger partial charge in [0, 0.05) is 5.69 Å². The third kappa shape index (κ3) is 6.47. The summed E-state index contributed by atoms with van der Waals surface area (Å²) >= 11 is 13.0. The minimum absolute atomic E-state index is 0.250. The van der Waals surface area contributed by atoms with E-state index >= 15 is 0 Å². The average molecular weight is 436 g/mol. The molecule has 154 valence electrons. The molecule has 0 bridgehead atoms. The first kappa shape index (κ1) is 24.4. The van der Waals surface area contributed by atoms with Crippen molar-refractivity contribution < 1.29 is 19.1 Å². The molecule has 0 fully saturated rings. The van der Waals surface area contributed by atoms with Crippen LogP contribution < -0.4 is 4.90 Å². The molecule has 5 nitrogen and oxygen atoms in total. The lowest BCUT2D eigenvalue weighted by molar-refractivity contribution is -0.191. The maximum Gasteiger partial charge on any atom is 0.373 e. The van der Waals surface area contributed by atoms with E-state index in [1.54, 1.807) is 25.1 Å². The highest BCUT2D eigenvalue weighted by Gasteiger charge is 2.31. The molecule has 0 radical (unpaired) electrons. The van der Waals surface area contributed by atoms with E-state index in [1.165, 1.54) is 0 Å². The maximum atomic E-state index is 12.7. The fourth-order valence-electron chi connectivity index (χ4n) is 2.93.